The van der Waals surface area contributed by atoms with Crippen LogP contribution in [0.2, 0.25) is 0 Å². The first-order chi connectivity index (χ1) is 8.06. The third kappa shape index (κ3) is 4.13. The Balaban J connectivity index is 2.65. The van der Waals surface area contributed by atoms with Gasteiger partial charge in [0.2, 0.25) is 0 Å². The first-order valence-electron chi connectivity index (χ1n) is 6.02. The van der Waals surface area contributed by atoms with Gasteiger partial charge in [0, 0.05) is 10.9 Å². The molecular formula is C13H21NO2S. The van der Waals surface area contributed by atoms with Crippen LogP contribution in [0.3, 0.4) is 0 Å². The Kier molecular flexibility index (Phi) is 5.65. The van der Waals surface area contributed by atoms with Crippen LogP contribution in [0.1, 0.15) is 38.6 Å². The van der Waals surface area contributed by atoms with Gasteiger partial charge in [-0.15, -0.1) is 11.3 Å². The lowest BCUT2D eigenvalue weighted by molar-refractivity contribution is -0.145. The van der Waals surface area contributed by atoms with Crippen molar-refractivity contribution in [3.63, 3.8) is 0 Å². The van der Waals surface area contributed by atoms with Crippen molar-refractivity contribution in [2.75, 3.05) is 6.61 Å². The molecule has 0 radical (unpaired) electrons. The lowest BCUT2D eigenvalue weighted by Crippen LogP contribution is -2.39. The highest BCUT2D eigenvalue weighted by Crippen LogP contribution is 2.26. The standard InChI is InChI=1S/C13H21NO2S/c1-5-16-13(15)10(4)14-12(9(2)3)11-7-6-8-17-11/h6-10,12,14H,5H2,1-4H3. The van der Waals surface area contributed by atoms with Gasteiger partial charge in [-0.25, -0.2) is 0 Å². The summed E-state index contributed by atoms with van der Waals surface area (Å²) in [5.74, 6) is 0.250. The molecular weight excluding hydrogens is 234 g/mol. The third-order valence-electron chi connectivity index (χ3n) is 2.59. The summed E-state index contributed by atoms with van der Waals surface area (Å²) in [5.41, 5.74) is 0. The van der Waals surface area contributed by atoms with Crippen molar-refractivity contribution in [2.24, 2.45) is 5.92 Å². The number of carbonyl (C=O) groups excluding carboxylic acids is 1. The van der Waals surface area contributed by atoms with Gasteiger partial charge in [-0.1, -0.05) is 19.9 Å². The van der Waals surface area contributed by atoms with Gasteiger partial charge in [0.25, 0.3) is 0 Å². The molecule has 0 bridgehead atoms. The Bertz CT molecular complexity index is 335. The maximum absolute atomic E-state index is 11.6. The quantitative estimate of drug-likeness (QED) is 0.794. The van der Waals surface area contributed by atoms with E-state index >= 15 is 0 Å². The van der Waals surface area contributed by atoms with E-state index in [0.717, 1.165) is 0 Å². The van der Waals surface area contributed by atoms with Crippen LogP contribution in [0.25, 0.3) is 0 Å². The molecule has 0 aromatic carbocycles. The number of hydrogen-bond acceptors (Lipinski definition) is 4. The zero-order chi connectivity index (χ0) is 12.8. The molecule has 3 nitrogen and oxygen atoms in total. The van der Waals surface area contributed by atoms with E-state index in [1.165, 1.54) is 4.88 Å². The minimum atomic E-state index is -0.274. The van der Waals surface area contributed by atoms with Crippen LogP contribution in [0, 0.1) is 5.92 Å². The van der Waals surface area contributed by atoms with Crippen molar-refractivity contribution >= 4 is 17.3 Å². The molecule has 1 aromatic rings. The van der Waals surface area contributed by atoms with Crippen molar-refractivity contribution in [3.05, 3.63) is 22.4 Å². The van der Waals surface area contributed by atoms with Crippen molar-refractivity contribution in [3.8, 4) is 0 Å². The second-order valence-electron chi connectivity index (χ2n) is 4.38. The van der Waals surface area contributed by atoms with Crippen LogP contribution in [-0.2, 0) is 9.53 Å². The Morgan fingerprint density at radius 2 is 2.18 bits per heavy atom. The second kappa shape index (κ2) is 6.77. The molecule has 0 aliphatic carbocycles. The summed E-state index contributed by atoms with van der Waals surface area (Å²) in [5, 5.41) is 5.40. The first-order valence-corrected chi connectivity index (χ1v) is 6.90. The van der Waals surface area contributed by atoms with Crippen LogP contribution in [-0.4, -0.2) is 18.6 Å². The topological polar surface area (TPSA) is 38.3 Å². The normalized spacial score (nSPS) is 14.6. The molecule has 0 aliphatic rings. The molecule has 0 saturated carbocycles. The summed E-state index contributed by atoms with van der Waals surface area (Å²) in [4.78, 5) is 12.8. The van der Waals surface area contributed by atoms with E-state index in [-0.39, 0.29) is 18.1 Å². The Labute approximate surface area is 107 Å². The minimum Gasteiger partial charge on any atom is -0.465 e. The Morgan fingerprint density at radius 1 is 1.47 bits per heavy atom. The fraction of sp³-hybridized carbons (Fsp3) is 0.615. The maximum Gasteiger partial charge on any atom is 0.322 e. The number of carbonyl (C=O) groups is 1. The zero-order valence-electron chi connectivity index (χ0n) is 10.9. The lowest BCUT2D eigenvalue weighted by Gasteiger charge is -2.24. The molecule has 1 N–H and O–H groups in total. The fourth-order valence-electron chi connectivity index (χ4n) is 1.68. The minimum absolute atomic E-state index is 0.185. The average molecular weight is 255 g/mol. The smallest absolute Gasteiger partial charge is 0.322 e. The van der Waals surface area contributed by atoms with Crippen LogP contribution in [0.5, 0.6) is 0 Å². The predicted molar refractivity (Wildman–Crippen MR) is 71.1 cm³/mol. The van der Waals surface area contributed by atoms with Crippen molar-refractivity contribution in [2.45, 2.75) is 39.8 Å². The van der Waals surface area contributed by atoms with Crippen molar-refractivity contribution in [1.29, 1.82) is 0 Å². The number of nitrogens with one attached hydrogen (secondary N) is 1. The first kappa shape index (κ1) is 14.2. The SMILES string of the molecule is CCOC(=O)C(C)NC(c1cccs1)C(C)C. The van der Waals surface area contributed by atoms with Gasteiger partial charge in [0.05, 0.1) is 6.61 Å². The van der Waals surface area contributed by atoms with Gasteiger partial charge in [0.1, 0.15) is 6.04 Å². The Hall–Kier alpha value is -0.870. The van der Waals surface area contributed by atoms with Crippen LogP contribution in [0.4, 0.5) is 0 Å². The molecule has 0 spiro atoms. The summed E-state index contributed by atoms with van der Waals surface area (Å²) >= 11 is 1.71. The number of ether oxygens (including phenoxy) is 1. The molecule has 1 aromatic heterocycles. The van der Waals surface area contributed by atoms with E-state index in [1.54, 1.807) is 11.3 Å². The van der Waals surface area contributed by atoms with Gasteiger partial charge >= 0.3 is 5.97 Å². The largest absolute Gasteiger partial charge is 0.465 e. The average Bonchev–Trinajstić information content (AvgIpc) is 2.78. The molecule has 1 heterocycles. The summed E-state index contributed by atoms with van der Waals surface area (Å²) in [6.45, 7) is 8.39. The van der Waals surface area contributed by atoms with Crippen molar-refractivity contribution < 1.29 is 9.53 Å². The predicted octanol–water partition coefficient (Wildman–Crippen LogP) is 2.99. The number of esters is 1. The van der Waals surface area contributed by atoms with Crippen LogP contribution in [0.15, 0.2) is 17.5 Å². The highest BCUT2D eigenvalue weighted by atomic mass is 32.1. The van der Waals surface area contributed by atoms with E-state index in [9.17, 15) is 4.79 Å². The third-order valence-corrected chi connectivity index (χ3v) is 3.54. The van der Waals surface area contributed by atoms with E-state index in [1.807, 2.05) is 19.9 Å². The molecule has 96 valence electrons. The fourth-order valence-corrected chi connectivity index (χ4v) is 2.63. The van der Waals surface area contributed by atoms with Gasteiger partial charge in [-0.3, -0.25) is 10.1 Å². The molecule has 1 rings (SSSR count). The van der Waals surface area contributed by atoms with E-state index < -0.39 is 0 Å². The molecule has 2 unspecified atom stereocenters. The number of hydrogen-bond donors (Lipinski definition) is 1. The second-order valence-corrected chi connectivity index (χ2v) is 5.36. The highest BCUT2D eigenvalue weighted by molar-refractivity contribution is 7.10. The lowest BCUT2D eigenvalue weighted by atomic mass is 10.0. The summed E-state index contributed by atoms with van der Waals surface area (Å²) in [6.07, 6.45) is 0. The molecule has 0 amide bonds. The summed E-state index contributed by atoms with van der Waals surface area (Å²) in [7, 11) is 0. The van der Waals surface area contributed by atoms with Crippen molar-refractivity contribution in [1.82, 2.24) is 5.32 Å². The summed E-state index contributed by atoms with van der Waals surface area (Å²) in [6, 6.07) is 4.06. The molecule has 0 saturated heterocycles. The van der Waals surface area contributed by atoms with E-state index in [4.69, 9.17) is 4.74 Å². The van der Waals surface area contributed by atoms with Gasteiger partial charge in [0.15, 0.2) is 0 Å². The molecule has 4 heteroatoms. The van der Waals surface area contributed by atoms with Crippen LogP contribution >= 0.6 is 11.3 Å². The van der Waals surface area contributed by atoms with E-state index in [0.29, 0.717) is 12.5 Å². The molecule has 17 heavy (non-hydrogen) atoms. The van der Waals surface area contributed by atoms with Gasteiger partial charge < -0.3 is 4.74 Å². The molecule has 0 aliphatic heterocycles. The van der Waals surface area contributed by atoms with Crippen LogP contribution < -0.4 is 5.32 Å². The highest BCUT2D eigenvalue weighted by Gasteiger charge is 2.22. The van der Waals surface area contributed by atoms with Gasteiger partial charge in [-0.05, 0) is 31.2 Å². The zero-order valence-corrected chi connectivity index (χ0v) is 11.7. The number of rotatable bonds is 6. The number of thiophene rings is 1. The van der Waals surface area contributed by atoms with Gasteiger partial charge in [-0.2, -0.15) is 0 Å². The monoisotopic (exact) mass is 255 g/mol. The Morgan fingerprint density at radius 3 is 2.65 bits per heavy atom. The summed E-state index contributed by atoms with van der Waals surface area (Å²) < 4.78 is 5.00. The van der Waals surface area contributed by atoms with E-state index in [2.05, 4.69) is 30.6 Å². The molecule has 2 atom stereocenters. The molecule has 0 fully saturated rings. The maximum atomic E-state index is 11.6.